The first kappa shape index (κ1) is 11.4. The van der Waals surface area contributed by atoms with Crippen LogP contribution in [0.2, 0.25) is 0 Å². The fraction of sp³-hybridized carbons (Fsp3) is 0.875. The number of halogens is 1. The van der Waals surface area contributed by atoms with Crippen molar-refractivity contribution in [3.63, 3.8) is 0 Å². The van der Waals surface area contributed by atoms with E-state index in [9.17, 15) is 17.1 Å². The van der Waals surface area contributed by atoms with E-state index in [2.05, 4.69) is 4.74 Å². The third-order valence-electron chi connectivity index (χ3n) is 2.57. The molecule has 0 bridgehead atoms. The van der Waals surface area contributed by atoms with Gasteiger partial charge in [0.15, 0.2) is 0 Å². The molecule has 0 aromatic rings. The zero-order valence-corrected chi connectivity index (χ0v) is 8.72. The summed E-state index contributed by atoms with van der Waals surface area (Å²) >= 11 is 0. The first-order valence-corrected chi connectivity index (χ1v) is 5.93. The molecule has 82 valence electrons. The van der Waals surface area contributed by atoms with Crippen molar-refractivity contribution in [2.24, 2.45) is 5.92 Å². The Bertz CT molecular complexity index is 311. The molecule has 0 saturated heterocycles. The molecule has 0 amide bonds. The Kier molecular flexibility index (Phi) is 3.47. The van der Waals surface area contributed by atoms with Crippen molar-refractivity contribution in [1.82, 2.24) is 0 Å². The average molecular weight is 224 g/mol. The number of carbonyl (C=O) groups excluding carboxylic acids is 1. The minimum absolute atomic E-state index is 0.207. The molecule has 1 aliphatic rings. The molecule has 14 heavy (non-hydrogen) atoms. The summed E-state index contributed by atoms with van der Waals surface area (Å²) in [5.41, 5.74) is 0. The SMILES string of the molecule is COC(=O)C1CCCCC1S(=O)(=O)F. The van der Waals surface area contributed by atoms with Crippen LogP contribution in [0.15, 0.2) is 0 Å². The summed E-state index contributed by atoms with van der Waals surface area (Å²) in [6, 6.07) is 0. The van der Waals surface area contributed by atoms with E-state index in [4.69, 9.17) is 0 Å². The standard InChI is InChI=1S/C8H13FO4S/c1-13-8(10)6-4-2-3-5-7(6)14(9,11)12/h6-7H,2-5H2,1H3. The van der Waals surface area contributed by atoms with Crippen LogP contribution in [0.5, 0.6) is 0 Å². The highest BCUT2D eigenvalue weighted by atomic mass is 32.3. The second-order valence-electron chi connectivity index (χ2n) is 3.43. The maximum atomic E-state index is 12.8. The zero-order valence-electron chi connectivity index (χ0n) is 7.90. The van der Waals surface area contributed by atoms with Gasteiger partial charge in [0.25, 0.3) is 0 Å². The van der Waals surface area contributed by atoms with Gasteiger partial charge in [0.2, 0.25) is 0 Å². The highest BCUT2D eigenvalue weighted by molar-refractivity contribution is 7.87. The van der Waals surface area contributed by atoms with E-state index in [1.807, 2.05) is 0 Å². The van der Waals surface area contributed by atoms with Crippen molar-refractivity contribution in [2.45, 2.75) is 30.9 Å². The Hall–Kier alpha value is -0.650. The Morgan fingerprint density at radius 1 is 1.36 bits per heavy atom. The Labute approximate surface area is 82.6 Å². The molecule has 0 N–H and O–H groups in total. The smallest absolute Gasteiger partial charge is 0.310 e. The molecule has 1 fully saturated rings. The maximum absolute atomic E-state index is 12.8. The molecular weight excluding hydrogens is 211 g/mol. The van der Waals surface area contributed by atoms with Gasteiger partial charge in [0.05, 0.1) is 13.0 Å². The summed E-state index contributed by atoms with van der Waals surface area (Å²) in [4.78, 5) is 11.2. The van der Waals surface area contributed by atoms with Crippen molar-refractivity contribution in [1.29, 1.82) is 0 Å². The van der Waals surface area contributed by atoms with Crippen LogP contribution in [0.25, 0.3) is 0 Å². The van der Waals surface area contributed by atoms with Crippen LogP contribution in [0.3, 0.4) is 0 Å². The lowest BCUT2D eigenvalue weighted by Crippen LogP contribution is -2.36. The van der Waals surface area contributed by atoms with Crippen molar-refractivity contribution in [3.8, 4) is 0 Å². The summed E-state index contributed by atoms with van der Waals surface area (Å²) in [6.45, 7) is 0. The fourth-order valence-corrected chi connectivity index (χ4v) is 2.94. The van der Waals surface area contributed by atoms with E-state index in [1.54, 1.807) is 0 Å². The van der Waals surface area contributed by atoms with Crippen molar-refractivity contribution in [3.05, 3.63) is 0 Å². The lowest BCUT2D eigenvalue weighted by atomic mass is 9.89. The van der Waals surface area contributed by atoms with E-state index in [0.717, 1.165) is 6.42 Å². The third-order valence-corrected chi connectivity index (χ3v) is 3.86. The molecule has 0 radical (unpaired) electrons. The van der Waals surface area contributed by atoms with Crippen LogP contribution < -0.4 is 0 Å². The maximum Gasteiger partial charge on any atom is 0.310 e. The highest BCUT2D eigenvalue weighted by Crippen LogP contribution is 2.31. The average Bonchev–Trinajstić information content (AvgIpc) is 2.15. The van der Waals surface area contributed by atoms with E-state index in [-0.39, 0.29) is 6.42 Å². The van der Waals surface area contributed by atoms with Crippen molar-refractivity contribution < 1.29 is 21.8 Å². The Morgan fingerprint density at radius 2 is 1.93 bits per heavy atom. The fourth-order valence-electron chi connectivity index (χ4n) is 1.85. The molecule has 2 atom stereocenters. The van der Waals surface area contributed by atoms with Crippen LogP contribution in [-0.2, 0) is 19.8 Å². The van der Waals surface area contributed by atoms with Crippen LogP contribution in [0.1, 0.15) is 25.7 Å². The molecule has 1 aliphatic carbocycles. The minimum atomic E-state index is -4.63. The van der Waals surface area contributed by atoms with Gasteiger partial charge in [-0.3, -0.25) is 4.79 Å². The van der Waals surface area contributed by atoms with Gasteiger partial charge in [0, 0.05) is 0 Å². The zero-order chi connectivity index (χ0) is 10.8. The molecule has 0 aromatic heterocycles. The van der Waals surface area contributed by atoms with E-state index < -0.39 is 27.4 Å². The number of hydrogen-bond acceptors (Lipinski definition) is 4. The van der Waals surface area contributed by atoms with Gasteiger partial charge < -0.3 is 4.74 Å². The monoisotopic (exact) mass is 224 g/mol. The summed E-state index contributed by atoms with van der Waals surface area (Å²) in [5.74, 6) is -1.46. The van der Waals surface area contributed by atoms with Crippen molar-refractivity contribution >= 4 is 16.2 Å². The van der Waals surface area contributed by atoms with E-state index >= 15 is 0 Å². The molecule has 0 aliphatic heterocycles. The summed E-state index contributed by atoms with van der Waals surface area (Å²) in [5, 5.41) is -1.20. The van der Waals surface area contributed by atoms with Crippen LogP contribution in [-0.4, -0.2) is 26.7 Å². The van der Waals surface area contributed by atoms with Gasteiger partial charge in [0.1, 0.15) is 5.25 Å². The van der Waals surface area contributed by atoms with E-state index in [1.165, 1.54) is 7.11 Å². The molecule has 0 spiro atoms. The number of ether oxygens (including phenoxy) is 1. The summed E-state index contributed by atoms with van der Waals surface area (Å²) in [7, 11) is -3.45. The van der Waals surface area contributed by atoms with Crippen LogP contribution >= 0.6 is 0 Å². The molecular formula is C8H13FO4S. The second-order valence-corrected chi connectivity index (χ2v) is 4.98. The first-order chi connectivity index (χ1) is 6.46. The quantitative estimate of drug-likeness (QED) is 0.519. The van der Waals surface area contributed by atoms with Crippen LogP contribution in [0, 0.1) is 5.92 Å². The summed E-state index contributed by atoms with van der Waals surface area (Å²) < 4.78 is 38.7. The van der Waals surface area contributed by atoms with Gasteiger partial charge in [-0.1, -0.05) is 12.8 Å². The molecule has 0 heterocycles. The van der Waals surface area contributed by atoms with Gasteiger partial charge in [-0.25, -0.2) is 0 Å². The van der Waals surface area contributed by atoms with Gasteiger partial charge in [-0.05, 0) is 12.8 Å². The molecule has 6 heteroatoms. The van der Waals surface area contributed by atoms with Gasteiger partial charge in [-0.2, -0.15) is 8.42 Å². The highest BCUT2D eigenvalue weighted by Gasteiger charge is 2.40. The molecule has 1 saturated carbocycles. The lowest BCUT2D eigenvalue weighted by molar-refractivity contribution is -0.146. The number of carbonyl (C=O) groups is 1. The number of hydrogen-bond donors (Lipinski definition) is 0. The normalized spacial score (nSPS) is 28.4. The van der Waals surface area contributed by atoms with Crippen LogP contribution in [0.4, 0.5) is 3.89 Å². The Morgan fingerprint density at radius 3 is 2.43 bits per heavy atom. The van der Waals surface area contributed by atoms with Gasteiger partial charge in [-0.15, -0.1) is 3.89 Å². The third kappa shape index (κ3) is 2.43. The summed E-state index contributed by atoms with van der Waals surface area (Å²) in [6.07, 6.45) is 1.98. The predicted octanol–water partition coefficient (Wildman–Crippen LogP) is 1.02. The molecule has 0 aromatic carbocycles. The predicted molar refractivity (Wildman–Crippen MR) is 47.8 cm³/mol. The number of esters is 1. The van der Waals surface area contributed by atoms with Crippen molar-refractivity contribution in [2.75, 3.05) is 7.11 Å². The Balaban J connectivity index is 2.85. The van der Waals surface area contributed by atoms with E-state index in [0.29, 0.717) is 12.8 Å². The molecule has 2 unspecified atom stereocenters. The topological polar surface area (TPSA) is 60.4 Å². The second kappa shape index (κ2) is 4.25. The number of methoxy groups -OCH3 is 1. The van der Waals surface area contributed by atoms with Gasteiger partial charge >= 0.3 is 16.2 Å². The molecule has 1 rings (SSSR count). The first-order valence-electron chi connectivity index (χ1n) is 4.48. The minimum Gasteiger partial charge on any atom is -0.469 e. The lowest BCUT2D eigenvalue weighted by Gasteiger charge is -2.25. The number of rotatable bonds is 2. The molecule has 4 nitrogen and oxygen atoms in total. The largest absolute Gasteiger partial charge is 0.469 e.